The van der Waals surface area contributed by atoms with Crippen LogP contribution < -0.4 is 0 Å². The molecule has 3 aliphatic carbocycles. The van der Waals surface area contributed by atoms with Crippen LogP contribution in [0.4, 0.5) is 0 Å². The molecule has 0 amide bonds. The molecule has 29 heavy (non-hydrogen) atoms. The maximum absolute atomic E-state index is 2.40. The van der Waals surface area contributed by atoms with Gasteiger partial charge in [0.2, 0.25) is 0 Å². The van der Waals surface area contributed by atoms with Crippen LogP contribution >= 0.6 is 0 Å². The second-order valence-corrected chi connectivity index (χ2v) is 8.65. The van der Waals surface area contributed by atoms with E-state index in [1.807, 2.05) is 0 Å². The lowest BCUT2D eigenvalue weighted by molar-refractivity contribution is 0.638. The number of benzene rings is 3. The van der Waals surface area contributed by atoms with E-state index < -0.39 is 0 Å². The lowest BCUT2D eigenvalue weighted by Gasteiger charge is -2.22. The molecule has 6 rings (SSSR count). The largest absolute Gasteiger partial charge is 0.0645 e. The molecule has 0 heterocycles. The topological polar surface area (TPSA) is 0 Å². The van der Waals surface area contributed by atoms with Gasteiger partial charge < -0.3 is 0 Å². The van der Waals surface area contributed by atoms with Gasteiger partial charge in [0.15, 0.2) is 0 Å². The Bertz CT molecular complexity index is 1110. The van der Waals surface area contributed by atoms with Crippen LogP contribution in [-0.2, 0) is 5.41 Å². The third-order valence-corrected chi connectivity index (χ3v) is 7.16. The Balaban J connectivity index is 1.66. The van der Waals surface area contributed by atoms with Crippen LogP contribution in [0.25, 0.3) is 11.1 Å². The molecule has 0 radical (unpaired) electrons. The molecular weight excluding hydrogens is 348 g/mol. The molecule has 0 aromatic heterocycles. The average molecular weight is 375 g/mol. The SMILES string of the molecule is c1ccc(C2=C(c3ccccc3)C3(C4=C3CCCCCC4)c3ccccc32)cc1. The summed E-state index contributed by atoms with van der Waals surface area (Å²) in [5.74, 6) is 0. The Morgan fingerprint density at radius 3 is 1.72 bits per heavy atom. The minimum Gasteiger partial charge on any atom is -0.0622 e. The summed E-state index contributed by atoms with van der Waals surface area (Å²) in [6, 6.07) is 31.4. The van der Waals surface area contributed by atoms with Crippen molar-refractivity contribution >= 4 is 11.1 Å². The smallest absolute Gasteiger partial charge is 0.0622 e. The van der Waals surface area contributed by atoms with Crippen molar-refractivity contribution in [2.24, 2.45) is 0 Å². The Kier molecular flexibility index (Phi) is 3.87. The predicted molar refractivity (Wildman–Crippen MR) is 122 cm³/mol. The number of hydrogen-bond donors (Lipinski definition) is 0. The Hall–Kier alpha value is -2.86. The number of allylic oxidation sites excluding steroid dienone is 3. The highest BCUT2D eigenvalue weighted by Gasteiger charge is 2.60. The maximum atomic E-state index is 2.40. The molecule has 3 aromatic carbocycles. The summed E-state index contributed by atoms with van der Waals surface area (Å²) in [6.45, 7) is 0. The Morgan fingerprint density at radius 2 is 1.07 bits per heavy atom. The van der Waals surface area contributed by atoms with E-state index in [2.05, 4.69) is 84.9 Å². The summed E-state index contributed by atoms with van der Waals surface area (Å²) in [4.78, 5) is 0. The fourth-order valence-electron chi connectivity index (χ4n) is 6.01. The molecule has 0 saturated carbocycles. The third kappa shape index (κ3) is 2.38. The second-order valence-electron chi connectivity index (χ2n) is 8.65. The van der Waals surface area contributed by atoms with Gasteiger partial charge in [0.05, 0.1) is 5.41 Å². The van der Waals surface area contributed by atoms with Crippen molar-refractivity contribution in [2.75, 3.05) is 0 Å². The van der Waals surface area contributed by atoms with Crippen LogP contribution in [0.5, 0.6) is 0 Å². The van der Waals surface area contributed by atoms with Crippen LogP contribution in [0.15, 0.2) is 96.1 Å². The van der Waals surface area contributed by atoms with E-state index in [1.54, 1.807) is 11.1 Å². The summed E-state index contributed by atoms with van der Waals surface area (Å²) in [6.07, 6.45) is 7.97. The van der Waals surface area contributed by atoms with E-state index in [0.717, 1.165) is 0 Å². The van der Waals surface area contributed by atoms with E-state index in [0.29, 0.717) is 0 Å². The molecule has 0 fully saturated rings. The van der Waals surface area contributed by atoms with Crippen molar-refractivity contribution in [3.63, 3.8) is 0 Å². The van der Waals surface area contributed by atoms with Gasteiger partial charge in [-0.05, 0) is 59.1 Å². The Morgan fingerprint density at radius 1 is 0.517 bits per heavy atom. The van der Waals surface area contributed by atoms with Crippen LogP contribution in [-0.4, -0.2) is 0 Å². The zero-order valence-corrected chi connectivity index (χ0v) is 16.8. The molecule has 1 spiro atoms. The van der Waals surface area contributed by atoms with E-state index in [1.165, 1.54) is 71.9 Å². The van der Waals surface area contributed by atoms with Crippen LogP contribution in [0, 0.1) is 0 Å². The number of rotatable bonds is 2. The summed E-state index contributed by atoms with van der Waals surface area (Å²) in [5, 5.41) is 0. The standard InChI is InChI=1S/C29H26/c1-2-10-20-26-25(19-9-1)29(26)24-18-12-11-17-23(24)27(21-13-5-3-6-14-21)28(29)22-15-7-4-8-16-22/h3-8,11-18H,1-2,9-10,19-20H2. The van der Waals surface area contributed by atoms with Gasteiger partial charge >= 0.3 is 0 Å². The summed E-state index contributed by atoms with van der Waals surface area (Å²) in [7, 11) is 0. The quantitative estimate of drug-likeness (QED) is 0.406. The van der Waals surface area contributed by atoms with E-state index in [9.17, 15) is 0 Å². The molecule has 3 aliphatic rings. The number of fused-ring (bicyclic) bond motifs is 4. The van der Waals surface area contributed by atoms with Crippen molar-refractivity contribution in [2.45, 2.75) is 43.9 Å². The third-order valence-electron chi connectivity index (χ3n) is 7.16. The maximum Gasteiger partial charge on any atom is 0.0645 e. The molecule has 0 N–H and O–H groups in total. The van der Waals surface area contributed by atoms with Gasteiger partial charge in [0, 0.05) is 0 Å². The minimum absolute atomic E-state index is 0.0630. The lowest BCUT2D eigenvalue weighted by Crippen LogP contribution is -2.14. The van der Waals surface area contributed by atoms with Gasteiger partial charge in [-0.3, -0.25) is 0 Å². The first-order valence-electron chi connectivity index (χ1n) is 11.1. The minimum atomic E-state index is 0.0630. The summed E-state index contributed by atoms with van der Waals surface area (Å²) >= 11 is 0. The molecule has 142 valence electrons. The highest BCUT2D eigenvalue weighted by Crippen LogP contribution is 2.71. The fourth-order valence-corrected chi connectivity index (χ4v) is 6.01. The van der Waals surface area contributed by atoms with Crippen molar-refractivity contribution in [3.05, 3.63) is 118 Å². The molecule has 0 unspecified atom stereocenters. The summed E-state index contributed by atoms with van der Waals surface area (Å²) in [5.41, 5.74) is 12.2. The van der Waals surface area contributed by atoms with E-state index in [-0.39, 0.29) is 5.41 Å². The molecule has 0 saturated heterocycles. The van der Waals surface area contributed by atoms with Crippen LogP contribution in [0.3, 0.4) is 0 Å². The van der Waals surface area contributed by atoms with Gasteiger partial charge in [0.1, 0.15) is 0 Å². The van der Waals surface area contributed by atoms with Crippen molar-refractivity contribution in [1.29, 1.82) is 0 Å². The molecule has 3 aromatic rings. The lowest BCUT2D eigenvalue weighted by atomic mass is 9.79. The Labute approximate surface area is 173 Å². The van der Waals surface area contributed by atoms with Crippen LogP contribution in [0.1, 0.15) is 60.8 Å². The zero-order chi connectivity index (χ0) is 19.3. The second kappa shape index (κ2) is 6.59. The summed E-state index contributed by atoms with van der Waals surface area (Å²) < 4.78 is 0. The van der Waals surface area contributed by atoms with E-state index >= 15 is 0 Å². The first-order chi connectivity index (χ1) is 14.4. The van der Waals surface area contributed by atoms with Crippen molar-refractivity contribution in [1.82, 2.24) is 0 Å². The number of hydrogen-bond acceptors (Lipinski definition) is 0. The molecule has 0 atom stereocenters. The van der Waals surface area contributed by atoms with E-state index in [4.69, 9.17) is 0 Å². The monoisotopic (exact) mass is 374 g/mol. The first kappa shape index (κ1) is 17.0. The van der Waals surface area contributed by atoms with Gasteiger partial charge in [-0.25, -0.2) is 0 Å². The van der Waals surface area contributed by atoms with Crippen molar-refractivity contribution < 1.29 is 0 Å². The van der Waals surface area contributed by atoms with Gasteiger partial charge in [-0.15, -0.1) is 0 Å². The molecule has 0 bridgehead atoms. The highest BCUT2D eigenvalue weighted by molar-refractivity contribution is 6.13. The predicted octanol–water partition coefficient (Wildman–Crippen LogP) is 7.56. The molecule has 0 aliphatic heterocycles. The molecule has 0 heteroatoms. The highest BCUT2D eigenvalue weighted by atomic mass is 14.6. The molecule has 0 nitrogen and oxygen atoms in total. The fraction of sp³-hybridized carbons (Fsp3) is 0.241. The average Bonchev–Trinajstić information content (AvgIpc) is 3.25. The zero-order valence-electron chi connectivity index (χ0n) is 16.8. The molecular formula is C29H26. The van der Waals surface area contributed by atoms with Crippen LogP contribution in [0.2, 0.25) is 0 Å². The van der Waals surface area contributed by atoms with Gasteiger partial charge in [0.25, 0.3) is 0 Å². The van der Waals surface area contributed by atoms with Crippen molar-refractivity contribution in [3.8, 4) is 0 Å². The van der Waals surface area contributed by atoms with Gasteiger partial charge in [-0.2, -0.15) is 0 Å². The first-order valence-corrected chi connectivity index (χ1v) is 11.1. The van der Waals surface area contributed by atoms with Gasteiger partial charge in [-0.1, -0.05) is 109 Å². The normalized spacial score (nSPS) is 19.6.